The predicted octanol–water partition coefficient (Wildman–Crippen LogP) is 2.21. The van der Waals surface area contributed by atoms with Crippen molar-refractivity contribution < 1.29 is 31.5 Å². The number of sulfonamides is 1. The van der Waals surface area contributed by atoms with Crippen molar-refractivity contribution in [2.45, 2.75) is 36.8 Å². The molecule has 0 spiro atoms. The minimum atomic E-state index is -4.31. The van der Waals surface area contributed by atoms with Gasteiger partial charge in [-0.2, -0.15) is 9.40 Å². The van der Waals surface area contributed by atoms with Crippen LogP contribution in [0.15, 0.2) is 41.3 Å². The van der Waals surface area contributed by atoms with E-state index in [1.54, 1.807) is 19.9 Å². The van der Waals surface area contributed by atoms with Crippen molar-refractivity contribution in [3.8, 4) is 5.75 Å². The Morgan fingerprint density at radius 2 is 1.80 bits per heavy atom. The number of nitrogens with one attached hydrogen (secondary N) is 2. The van der Waals surface area contributed by atoms with Crippen LogP contribution in [0.4, 0.5) is 14.6 Å². The number of aromatic amines is 1. The molecule has 3 heterocycles. The molecule has 3 aromatic rings. The van der Waals surface area contributed by atoms with E-state index in [2.05, 4.69) is 20.4 Å². The van der Waals surface area contributed by atoms with Gasteiger partial charge >= 0.3 is 0 Å². The number of anilines is 1. The van der Waals surface area contributed by atoms with Crippen molar-refractivity contribution in [1.82, 2.24) is 19.4 Å². The predicted molar refractivity (Wildman–Crippen MR) is 140 cm³/mol. The van der Waals surface area contributed by atoms with Crippen LogP contribution in [0.5, 0.6) is 5.75 Å². The summed E-state index contributed by atoms with van der Waals surface area (Å²) in [5, 5.41) is 9.70. The van der Waals surface area contributed by atoms with E-state index in [1.807, 2.05) is 7.05 Å². The normalized spacial score (nSPS) is 17.6. The average Bonchev–Trinajstić information content (AvgIpc) is 3.25. The maximum Gasteiger partial charge on any atom is 0.257 e. The van der Waals surface area contributed by atoms with Gasteiger partial charge in [0.1, 0.15) is 23.5 Å². The van der Waals surface area contributed by atoms with Crippen molar-refractivity contribution in [3.63, 3.8) is 0 Å². The zero-order valence-electron chi connectivity index (χ0n) is 22.0. The molecule has 0 atom stereocenters. The smallest absolute Gasteiger partial charge is 0.257 e. The average molecular weight is 575 g/mol. The van der Waals surface area contributed by atoms with Gasteiger partial charge in [-0.3, -0.25) is 19.6 Å². The zero-order chi connectivity index (χ0) is 29.0. The summed E-state index contributed by atoms with van der Waals surface area (Å²) < 4.78 is 61.2. The molecule has 0 aliphatic carbocycles. The lowest BCUT2D eigenvalue weighted by Crippen LogP contribution is -2.51. The Bertz CT molecular complexity index is 1600. The highest BCUT2D eigenvalue weighted by Gasteiger charge is 2.41. The first-order valence-corrected chi connectivity index (χ1v) is 13.8. The summed E-state index contributed by atoms with van der Waals surface area (Å²) in [5.74, 6) is -3.11. The molecular weight excluding hydrogens is 546 g/mol. The van der Waals surface area contributed by atoms with Crippen LogP contribution in [-0.4, -0.2) is 72.4 Å². The fourth-order valence-electron chi connectivity index (χ4n) is 5.01. The molecule has 0 unspecified atom stereocenters. The highest BCUT2D eigenvalue weighted by molar-refractivity contribution is 7.89. The quantitative estimate of drug-likeness (QED) is 0.392. The number of nitrogens with two attached hydrogens (primary N) is 1. The summed E-state index contributed by atoms with van der Waals surface area (Å²) in [7, 11) is -2.36. The number of nitrogens with zero attached hydrogens (tertiary/aromatic N) is 3. The minimum absolute atomic E-state index is 0.0138. The summed E-state index contributed by atoms with van der Waals surface area (Å²) in [6.45, 7) is 4.77. The van der Waals surface area contributed by atoms with Crippen molar-refractivity contribution >= 4 is 27.7 Å². The molecule has 212 valence electrons. The SMILES string of the molecule is CN1CC(Oc2ccc(C(=O)Nc3n[nH]c4c3CN(S(=O)(=O)c3cc(F)cc(F)c3)CC4(C)C)c(C(N)=O)c2)C1. The summed E-state index contributed by atoms with van der Waals surface area (Å²) >= 11 is 0. The van der Waals surface area contributed by atoms with E-state index >= 15 is 0 Å². The third-order valence-corrected chi connectivity index (χ3v) is 8.76. The number of likely N-dealkylation sites (N-methyl/N-ethyl adjacent to an activating group) is 1. The van der Waals surface area contributed by atoms with E-state index < -0.39 is 43.8 Å². The fraction of sp³-hybridized carbons (Fsp3) is 0.346. The number of rotatable bonds is 7. The summed E-state index contributed by atoms with van der Waals surface area (Å²) in [6, 6.07) is 6.49. The topological polar surface area (TPSA) is 151 Å². The van der Waals surface area contributed by atoms with Gasteiger partial charge in [-0.05, 0) is 37.4 Å². The van der Waals surface area contributed by atoms with E-state index in [0.717, 1.165) is 29.5 Å². The number of hydrogen-bond donors (Lipinski definition) is 3. The van der Waals surface area contributed by atoms with E-state index in [9.17, 15) is 26.8 Å². The van der Waals surface area contributed by atoms with Crippen molar-refractivity contribution in [2.75, 3.05) is 32.0 Å². The molecule has 1 fully saturated rings. The van der Waals surface area contributed by atoms with Crippen LogP contribution >= 0.6 is 0 Å². The maximum atomic E-state index is 13.8. The maximum absolute atomic E-state index is 13.8. The van der Waals surface area contributed by atoms with E-state index in [1.165, 1.54) is 12.1 Å². The third kappa shape index (κ3) is 5.17. The highest BCUT2D eigenvalue weighted by atomic mass is 32.2. The van der Waals surface area contributed by atoms with Crippen LogP contribution in [-0.2, 0) is 22.0 Å². The van der Waals surface area contributed by atoms with Crippen molar-refractivity contribution in [3.05, 3.63) is 70.4 Å². The highest BCUT2D eigenvalue weighted by Crippen LogP contribution is 2.38. The fourth-order valence-corrected chi connectivity index (χ4v) is 6.63. The van der Waals surface area contributed by atoms with Gasteiger partial charge in [0.25, 0.3) is 5.91 Å². The number of primary amides is 1. The molecule has 0 radical (unpaired) electrons. The molecule has 5 rings (SSSR count). The van der Waals surface area contributed by atoms with Crippen LogP contribution in [0.3, 0.4) is 0 Å². The molecule has 11 nitrogen and oxygen atoms in total. The van der Waals surface area contributed by atoms with Gasteiger partial charge in [0, 0.05) is 48.9 Å². The largest absolute Gasteiger partial charge is 0.488 e. The second kappa shape index (κ2) is 9.94. The monoisotopic (exact) mass is 574 g/mol. The zero-order valence-corrected chi connectivity index (χ0v) is 22.8. The van der Waals surface area contributed by atoms with Crippen molar-refractivity contribution in [2.24, 2.45) is 5.73 Å². The van der Waals surface area contributed by atoms with E-state index in [0.29, 0.717) is 23.1 Å². The van der Waals surface area contributed by atoms with Gasteiger partial charge in [-0.25, -0.2) is 17.2 Å². The lowest BCUT2D eigenvalue weighted by Gasteiger charge is -2.36. The second-order valence-corrected chi connectivity index (χ2v) is 12.6. The Kier molecular flexibility index (Phi) is 6.88. The van der Waals surface area contributed by atoms with Gasteiger partial charge in [0.05, 0.1) is 16.0 Å². The molecule has 1 aromatic heterocycles. The van der Waals surface area contributed by atoms with Crippen LogP contribution < -0.4 is 15.8 Å². The standard InChI is InChI=1S/C26H28F2N6O5S/c1-26(2)13-34(40(37,38)18-7-14(27)6-15(28)8-18)12-21-22(26)31-32-24(21)30-25(36)19-5-4-16(9-20(19)23(29)35)39-17-10-33(3)11-17/h4-9,17H,10-13H2,1-3H3,(H2,29,35)(H2,30,31,32,36). The molecule has 0 saturated carbocycles. The van der Waals surface area contributed by atoms with Crippen LogP contribution in [0, 0.1) is 11.6 Å². The van der Waals surface area contributed by atoms with Crippen LogP contribution in [0.1, 0.15) is 45.8 Å². The van der Waals surface area contributed by atoms with Gasteiger partial charge in [-0.1, -0.05) is 13.8 Å². The van der Waals surface area contributed by atoms with Gasteiger partial charge in [0.15, 0.2) is 5.82 Å². The summed E-state index contributed by atoms with van der Waals surface area (Å²) in [5.41, 5.74) is 5.65. The Balaban J connectivity index is 1.42. The number of fused-ring (bicyclic) bond motifs is 1. The molecule has 1 saturated heterocycles. The molecule has 2 aliphatic heterocycles. The molecule has 40 heavy (non-hydrogen) atoms. The van der Waals surface area contributed by atoms with Gasteiger partial charge in [-0.15, -0.1) is 0 Å². The van der Waals surface area contributed by atoms with Crippen LogP contribution in [0.25, 0.3) is 0 Å². The number of halogens is 2. The Morgan fingerprint density at radius 3 is 2.42 bits per heavy atom. The van der Waals surface area contributed by atoms with Gasteiger partial charge in [0.2, 0.25) is 15.9 Å². The summed E-state index contributed by atoms with van der Waals surface area (Å²) in [4.78, 5) is 27.0. The number of ether oxygens (including phenoxy) is 1. The Hall–Kier alpha value is -3.88. The Labute approximate surface area is 229 Å². The number of hydrogen-bond acceptors (Lipinski definition) is 7. The first kappa shape index (κ1) is 27.7. The molecule has 4 N–H and O–H groups in total. The molecule has 14 heteroatoms. The lowest BCUT2D eigenvalue weighted by atomic mass is 9.84. The van der Waals surface area contributed by atoms with E-state index in [4.69, 9.17) is 10.5 Å². The molecular formula is C26H28F2N6O5S. The number of amides is 2. The number of aromatic nitrogens is 2. The van der Waals surface area contributed by atoms with Crippen LogP contribution in [0.2, 0.25) is 0 Å². The van der Waals surface area contributed by atoms with E-state index in [-0.39, 0.29) is 36.1 Å². The minimum Gasteiger partial charge on any atom is -0.488 e. The van der Waals surface area contributed by atoms with Crippen molar-refractivity contribution in [1.29, 1.82) is 0 Å². The second-order valence-electron chi connectivity index (χ2n) is 10.7. The number of carbonyl (C=O) groups is 2. The lowest BCUT2D eigenvalue weighted by molar-refractivity contribution is 0.0387. The van der Waals surface area contributed by atoms with Gasteiger partial charge < -0.3 is 15.8 Å². The number of H-pyrrole nitrogens is 1. The molecule has 2 aliphatic rings. The first-order chi connectivity index (χ1) is 18.7. The Morgan fingerprint density at radius 1 is 1.12 bits per heavy atom. The molecule has 2 amide bonds. The number of likely N-dealkylation sites (tertiary alicyclic amines) is 1. The molecule has 0 bridgehead atoms. The molecule has 2 aromatic carbocycles. The first-order valence-electron chi connectivity index (χ1n) is 12.4. The number of carbonyl (C=O) groups excluding carboxylic acids is 2. The third-order valence-electron chi connectivity index (χ3n) is 6.99. The summed E-state index contributed by atoms with van der Waals surface area (Å²) in [6.07, 6.45) is -0.0348. The number of benzene rings is 2.